The zero-order chi connectivity index (χ0) is 19.5. The van der Waals surface area contributed by atoms with Crippen molar-refractivity contribution in [3.63, 3.8) is 0 Å². The molecule has 2 aromatic rings. The van der Waals surface area contributed by atoms with Crippen LogP contribution in [0.5, 0.6) is 5.75 Å². The van der Waals surface area contributed by atoms with Crippen molar-refractivity contribution in [1.82, 2.24) is 0 Å². The molecule has 27 heavy (non-hydrogen) atoms. The average Bonchev–Trinajstić information content (AvgIpc) is 2.67. The van der Waals surface area contributed by atoms with Crippen molar-refractivity contribution in [3.8, 4) is 5.75 Å². The van der Waals surface area contributed by atoms with Crippen molar-refractivity contribution in [2.24, 2.45) is 0 Å². The molecular formula is C22H29ClN2O2. The van der Waals surface area contributed by atoms with Gasteiger partial charge in [0.05, 0.1) is 13.2 Å². The van der Waals surface area contributed by atoms with E-state index in [0.29, 0.717) is 5.02 Å². The quantitative estimate of drug-likeness (QED) is 0.461. The molecule has 0 spiro atoms. The number of anilines is 2. The number of halogens is 1. The Kier molecular flexibility index (Phi) is 8.99. The zero-order valence-corrected chi connectivity index (χ0v) is 16.9. The average molecular weight is 389 g/mol. The summed E-state index contributed by atoms with van der Waals surface area (Å²) in [5.41, 5.74) is 2.45. The number of hydrogen-bond donors (Lipinski definition) is 2. The predicted octanol–water partition coefficient (Wildman–Crippen LogP) is 6.05. The number of ether oxygens (including phenoxy) is 1. The summed E-state index contributed by atoms with van der Waals surface area (Å²) in [7, 11) is 0. The number of nitrogens with one attached hydrogen (secondary N) is 2. The van der Waals surface area contributed by atoms with Gasteiger partial charge in [0, 0.05) is 22.5 Å². The molecule has 0 aliphatic heterocycles. The standard InChI is InChI=1S/C22H29ClN2O2/c1-3-4-5-6-7-14-27-19-11-8-10-18(15-19)24-16-22(26)25-21-13-9-12-20(23)17(21)2/h8-13,15,24H,3-7,14,16H2,1-2H3,(H,25,26). The highest BCUT2D eigenvalue weighted by atomic mass is 35.5. The Balaban J connectivity index is 1.76. The Labute approximate surface area is 167 Å². The zero-order valence-electron chi connectivity index (χ0n) is 16.2. The Morgan fingerprint density at radius 3 is 2.67 bits per heavy atom. The van der Waals surface area contributed by atoms with E-state index in [1.807, 2.05) is 43.3 Å². The molecule has 2 aromatic carbocycles. The summed E-state index contributed by atoms with van der Waals surface area (Å²) < 4.78 is 5.80. The maximum atomic E-state index is 12.2. The molecule has 2 N–H and O–H groups in total. The Hall–Kier alpha value is -2.20. The summed E-state index contributed by atoms with van der Waals surface area (Å²) >= 11 is 6.08. The SMILES string of the molecule is CCCCCCCOc1cccc(NCC(=O)Nc2cccc(Cl)c2C)c1. The van der Waals surface area contributed by atoms with Crippen LogP contribution in [0.25, 0.3) is 0 Å². The number of hydrogen-bond acceptors (Lipinski definition) is 3. The van der Waals surface area contributed by atoms with E-state index in [0.717, 1.165) is 35.7 Å². The molecule has 0 unspecified atom stereocenters. The Bertz CT molecular complexity index is 734. The second kappa shape index (κ2) is 11.5. The van der Waals surface area contributed by atoms with Crippen molar-refractivity contribution in [2.45, 2.75) is 46.0 Å². The van der Waals surface area contributed by atoms with Gasteiger partial charge in [0.15, 0.2) is 0 Å². The van der Waals surface area contributed by atoms with Gasteiger partial charge in [-0.05, 0) is 43.2 Å². The third kappa shape index (κ3) is 7.51. The van der Waals surface area contributed by atoms with Crippen LogP contribution in [0.1, 0.15) is 44.6 Å². The lowest BCUT2D eigenvalue weighted by Crippen LogP contribution is -2.22. The maximum absolute atomic E-state index is 12.2. The van der Waals surface area contributed by atoms with E-state index >= 15 is 0 Å². The van der Waals surface area contributed by atoms with Crippen molar-refractivity contribution in [1.29, 1.82) is 0 Å². The second-order valence-corrected chi connectivity index (χ2v) is 7.01. The van der Waals surface area contributed by atoms with E-state index in [4.69, 9.17) is 16.3 Å². The molecule has 146 valence electrons. The van der Waals surface area contributed by atoms with Crippen molar-refractivity contribution < 1.29 is 9.53 Å². The summed E-state index contributed by atoms with van der Waals surface area (Å²) in [4.78, 5) is 12.2. The smallest absolute Gasteiger partial charge is 0.243 e. The minimum atomic E-state index is -0.123. The summed E-state index contributed by atoms with van der Waals surface area (Å²) in [6.07, 6.45) is 6.08. The third-order valence-electron chi connectivity index (χ3n) is 4.35. The highest BCUT2D eigenvalue weighted by molar-refractivity contribution is 6.31. The van der Waals surface area contributed by atoms with Crippen LogP contribution < -0.4 is 15.4 Å². The Morgan fingerprint density at radius 1 is 1.07 bits per heavy atom. The highest BCUT2D eigenvalue weighted by Crippen LogP contribution is 2.23. The lowest BCUT2D eigenvalue weighted by atomic mass is 10.2. The van der Waals surface area contributed by atoms with E-state index in [9.17, 15) is 4.79 Å². The van der Waals surface area contributed by atoms with Crippen LogP contribution in [-0.4, -0.2) is 19.1 Å². The fourth-order valence-electron chi connectivity index (χ4n) is 2.71. The first kappa shape index (κ1) is 21.1. The molecule has 0 aliphatic carbocycles. The summed E-state index contributed by atoms with van der Waals surface area (Å²) in [6, 6.07) is 13.2. The number of unbranched alkanes of at least 4 members (excludes halogenated alkanes) is 4. The molecule has 0 radical (unpaired) electrons. The molecule has 0 aromatic heterocycles. The minimum Gasteiger partial charge on any atom is -0.494 e. The van der Waals surface area contributed by atoms with Gasteiger partial charge in [-0.15, -0.1) is 0 Å². The van der Waals surface area contributed by atoms with Crippen LogP contribution in [-0.2, 0) is 4.79 Å². The highest BCUT2D eigenvalue weighted by Gasteiger charge is 2.07. The van der Waals surface area contributed by atoms with Crippen LogP contribution in [0.2, 0.25) is 5.02 Å². The molecular weight excluding hydrogens is 360 g/mol. The van der Waals surface area contributed by atoms with Crippen LogP contribution in [0.4, 0.5) is 11.4 Å². The van der Waals surface area contributed by atoms with Crippen LogP contribution in [0.3, 0.4) is 0 Å². The minimum absolute atomic E-state index is 0.123. The van der Waals surface area contributed by atoms with Gasteiger partial charge < -0.3 is 15.4 Å². The van der Waals surface area contributed by atoms with E-state index in [2.05, 4.69) is 17.6 Å². The Morgan fingerprint density at radius 2 is 1.85 bits per heavy atom. The fourth-order valence-corrected chi connectivity index (χ4v) is 2.89. The van der Waals surface area contributed by atoms with Gasteiger partial charge in [-0.3, -0.25) is 4.79 Å². The first-order chi connectivity index (χ1) is 13.1. The summed E-state index contributed by atoms with van der Waals surface area (Å²) in [5, 5.41) is 6.65. The first-order valence-electron chi connectivity index (χ1n) is 9.62. The number of carbonyl (C=O) groups is 1. The molecule has 0 heterocycles. The van der Waals surface area contributed by atoms with Gasteiger partial charge >= 0.3 is 0 Å². The molecule has 0 atom stereocenters. The van der Waals surface area contributed by atoms with E-state index in [1.165, 1.54) is 25.7 Å². The molecule has 5 heteroatoms. The lowest BCUT2D eigenvalue weighted by Gasteiger charge is -2.12. The number of amides is 1. The molecule has 0 fully saturated rings. The first-order valence-corrected chi connectivity index (χ1v) is 9.99. The summed E-state index contributed by atoms with van der Waals surface area (Å²) in [5.74, 6) is 0.698. The van der Waals surface area contributed by atoms with Crippen molar-refractivity contribution in [3.05, 3.63) is 53.1 Å². The molecule has 1 amide bonds. The molecule has 2 rings (SSSR count). The number of rotatable bonds is 11. The van der Waals surface area contributed by atoms with Gasteiger partial charge in [-0.1, -0.05) is 56.3 Å². The molecule has 4 nitrogen and oxygen atoms in total. The van der Waals surface area contributed by atoms with Crippen molar-refractivity contribution in [2.75, 3.05) is 23.8 Å². The molecule has 0 aliphatic rings. The van der Waals surface area contributed by atoms with Gasteiger partial charge in [-0.25, -0.2) is 0 Å². The van der Waals surface area contributed by atoms with Crippen molar-refractivity contribution >= 4 is 28.9 Å². The molecule has 0 saturated carbocycles. The lowest BCUT2D eigenvalue weighted by molar-refractivity contribution is -0.114. The van der Waals surface area contributed by atoms with E-state index in [1.54, 1.807) is 6.07 Å². The topological polar surface area (TPSA) is 50.4 Å². The van der Waals surface area contributed by atoms with Crippen LogP contribution in [0, 0.1) is 6.92 Å². The third-order valence-corrected chi connectivity index (χ3v) is 4.75. The second-order valence-electron chi connectivity index (χ2n) is 6.60. The molecule has 0 saturated heterocycles. The van der Waals surface area contributed by atoms with Gasteiger partial charge in [0.25, 0.3) is 0 Å². The summed E-state index contributed by atoms with van der Waals surface area (Å²) in [6.45, 7) is 4.99. The fraction of sp³-hybridized carbons (Fsp3) is 0.409. The van der Waals surface area contributed by atoms with Crippen LogP contribution >= 0.6 is 11.6 Å². The van der Waals surface area contributed by atoms with Gasteiger partial charge in [0.2, 0.25) is 5.91 Å². The monoisotopic (exact) mass is 388 g/mol. The van der Waals surface area contributed by atoms with E-state index in [-0.39, 0.29) is 12.5 Å². The largest absolute Gasteiger partial charge is 0.494 e. The van der Waals surface area contributed by atoms with E-state index < -0.39 is 0 Å². The predicted molar refractivity (Wildman–Crippen MR) is 114 cm³/mol. The maximum Gasteiger partial charge on any atom is 0.243 e. The normalized spacial score (nSPS) is 10.5. The molecule has 0 bridgehead atoms. The number of carbonyl (C=O) groups excluding carboxylic acids is 1. The van der Waals surface area contributed by atoms with Gasteiger partial charge in [-0.2, -0.15) is 0 Å². The van der Waals surface area contributed by atoms with Gasteiger partial charge in [0.1, 0.15) is 5.75 Å². The van der Waals surface area contributed by atoms with Crippen LogP contribution in [0.15, 0.2) is 42.5 Å². The number of benzene rings is 2.